The van der Waals surface area contributed by atoms with E-state index < -0.39 is 11.6 Å². The van der Waals surface area contributed by atoms with Gasteiger partial charge in [0.2, 0.25) is 0 Å². The van der Waals surface area contributed by atoms with Crippen molar-refractivity contribution in [2.24, 2.45) is 4.99 Å². The van der Waals surface area contributed by atoms with Gasteiger partial charge in [0.15, 0.2) is 0 Å². The van der Waals surface area contributed by atoms with Gasteiger partial charge >= 0.3 is 11.6 Å². The minimum atomic E-state index is -1.04. The first-order chi connectivity index (χ1) is 12.6. The van der Waals surface area contributed by atoms with Crippen LogP contribution in [0.25, 0.3) is 27.1 Å². The normalized spacial score (nSPS) is 14.4. The number of fused-ring (bicyclic) bond motifs is 1. The van der Waals surface area contributed by atoms with Crippen LogP contribution >= 0.6 is 12.4 Å². The van der Waals surface area contributed by atoms with Crippen LogP contribution in [0.15, 0.2) is 68.8 Å². The van der Waals surface area contributed by atoms with E-state index in [1.807, 2.05) is 30.3 Å². The number of carbonyl (C=O) groups is 1. The molecule has 4 aromatic rings. The number of benzene rings is 3. The lowest BCUT2D eigenvalue weighted by molar-refractivity contribution is 0.0698. The highest BCUT2D eigenvalue weighted by Gasteiger charge is 2.22. The molecule has 0 saturated carbocycles. The average molecular weight is 378 g/mol. The zero-order valence-electron chi connectivity index (χ0n) is 13.8. The van der Waals surface area contributed by atoms with Gasteiger partial charge < -0.3 is 9.52 Å². The fourth-order valence-electron chi connectivity index (χ4n) is 3.56. The topological polar surface area (TPSA) is 79.9 Å². The van der Waals surface area contributed by atoms with Crippen molar-refractivity contribution in [3.05, 3.63) is 81.6 Å². The van der Waals surface area contributed by atoms with E-state index in [0.717, 1.165) is 16.2 Å². The van der Waals surface area contributed by atoms with Gasteiger partial charge in [-0.1, -0.05) is 42.5 Å². The third kappa shape index (κ3) is 2.36. The summed E-state index contributed by atoms with van der Waals surface area (Å²) >= 11 is 0. The molecule has 1 aliphatic rings. The first-order valence-corrected chi connectivity index (χ1v) is 8.04. The van der Waals surface area contributed by atoms with Crippen molar-refractivity contribution in [3.8, 4) is 0 Å². The maximum atomic E-state index is 12.5. The molecule has 0 unspecified atom stereocenters. The molecule has 3 aromatic carbocycles. The Morgan fingerprint density at radius 3 is 2.41 bits per heavy atom. The molecule has 0 atom stereocenters. The second-order valence-electron chi connectivity index (χ2n) is 6.11. The van der Waals surface area contributed by atoms with Gasteiger partial charge in [-0.25, -0.2) is 9.59 Å². The Balaban J connectivity index is 0.00000180. The van der Waals surface area contributed by atoms with Gasteiger partial charge in [0, 0.05) is 28.1 Å². The predicted octanol–water partition coefficient (Wildman–Crippen LogP) is 3.70. The maximum absolute atomic E-state index is 12.5. The third-order valence-electron chi connectivity index (χ3n) is 4.69. The van der Waals surface area contributed by atoms with Gasteiger partial charge in [-0.15, -0.1) is 12.4 Å². The van der Waals surface area contributed by atoms with Crippen LogP contribution in [0, 0.1) is 0 Å². The number of carboxylic acid groups (broad SMARTS) is 1. The zero-order chi connectivity index (χ0) is 17.8. The number of hydrogen-bond acceptors (Lipinski definition) is 4. The van der Waals surface area contributed by atoms with E-state index in [2.05, 4.69) is 4.99 Å². The molecular formula is C21H12ClNO4. The lowest BCUT2D eigenvalue weighted by Crippen LogP contribution is -2.16. The summed E-state index contributed by atoms with van der Waals surface area (Å²) in [6.45, 7) is 0. The SMILES string of the molecule is Cl.O=C(O)c1cccc2c1N=C/C2=c1\oc(=O)c2cccc3cccc1c32. The fraction of sp³-hybridized carbons (Fsp3) is 0. The summed E-state index contributed by atoms with van der Waals surface area (Å²) in [7, 11) is 0. The van der Waals surface area contributed by atoms with E-state index >= 15 is 0 Å². The van der Waals surface area contributed by atoms with Crippen molar-refractivity contribution in [3.63, 3.8) is 0 Å². The molecule has 1 aromatic heterocycles. The molecule has 0 amide bonds. The predicted molar refractivity (Wildman–Crippen MR) is 107 cm³/mol. The Hall–Kier alpha value is -3.44. The second-order valence-corrected chi connectivity index (χ2v) is 6.11. The quantitative estimate of drug-likeness (QED) is 0.548. The van der Waals surface area contributed by atoms with Crippen LogP contribution in [0.3, 0.4) is 0 Å². The average Bonchev–Trinajstić information content (AvgIpc) is 3.08. The minimum absolute atomic E-state index is 0. The molecule has 6 heteroatoms. The van der Waals surface area contributed by atoms with Crippen molar-refractivity contribution >= 4 is 57.4 Å². The molecule has 0 saturated heterocycles. The van der Waals surface area contributed by atoms with Gasteiger partial charge in [-0.2, -0.15) is 0 Å². The molecule has 27 heavy (non-hydrogen) atoms. The van der Waals surface area contributed by atoms with Crippen LogP contribution in [0.4, 0.5) is 5.69 Å². The summed E-state index contributed by atoms with van der Waals surface area (Å²) in [5.41, 5.74) is 1.74. The summed E-state index contributed by atoms with van der Waals surface area (Å²) < 4.78 is 5.65. The Morgan fingerprint density at radius 2 is 1.67 bits per heavy atom. The highest BCUT2D eigenvalue weighted by Crippen LogP contribution is 2.34. The number of aromatic carboxylic acids is 1. The first-order valence-electron chi connectivity index (χ1n) is 8.04. The lowest BCUT2D eigenvalue weighted by Gasteiger charge is -2.06. The Bertz CT molecular complexity index is 1380. The zero-order valence-corrected chi connectivity index (χ0v) is 14.6. The van der Waals surface area contributed by atoms with Gasteiger partial charge in [-0.3, -0.25) is 4.99 Å². The number of hydrogen-bond donors (Lipinski definition) is 1. The number of nitrogens with zero attached hydrogens (tertiary/aromatic N) is 1. The molecule has 0 radical (unpaired) electrons. The van der Waals surface area contributed by atoms with Crippen LogP contribution in [0.5, 0.6) is 0 Å². The van der Waals surface area contributed by atoms with E-state index in [1.54, 1.807) is 24.4 Å². The molecule has 0 bridgehead atoms. The molecule has 0 spiro atoms. The Labute approximate surface area is 158 Å². The van der Waals surface area contributed by atoms with Crippen LogP contribution in [-0.4, -0.2) is 17.3 Å². The number of carboxylic acids is 1. The van der Waals surface area contributed by atoms with Crippen molar-refractivity contribution in [2.45, 2.75) is 0 Å². The summed E-state index contributed by atoms with van der Waals surface area (Å²) in [6.07, 6.45) is 1.56. The van der Waals surface area contributed by atoms with Crippen LogP contribution in [0.2, 0.25) is 0 Å². The Kier molecular flexibility index (Phi) is 3.82. The molecule has 5 nitrogen and oxygen atoms in total. The van der Waals surface area contributed by atoms with Gasteiger partial charge in [0.05, 0.1) is 16.6 Å². The van der Waals surface area contributed by atoms with E-state index in [4.69, 9.17) is 4.42 Å². The van der Waals surface area contributed by atoms with Crippen LogP contribution < -0.4 is 11.0 Å². The molecular weight excluding hydrogens is 366 g/mol. The highest BCUT2D eigenvalue weighted by molar-refractivity contribution is 6.20. The smallest absolute Gasteiger partial charge is 0.344 e. The van der Waals surface area contributed by atoms with Crippen molar-refractivity contribution in [1.29, 1.82) is 0 Å². The monoisotopic (exact) mass is 377 g/mol. The fourth-order valence-corrected chi connectivity index (χ4v) is 3.56. The molecule has 0 fully saturated rings. The highest BCUT2D eigenvalue weighted by atomic mass is 35.5. The van der Waals surface area contributed by atoms with Gasteiger partial charge in [-0.05, 0) is 17.5 Å². The summed E-state index contributed by atoms with van der Waals surface area (Å²) in [5.74, 6) is -1.04. The molecule has 1 N–H and O–H groups in total. The molecule has 1 aliphatic heterocycles. The standard InChI is InChI=1S/C21H11NO4.ClH/c23-20(24)15-9-3-6-12-16(10-22-18(12)15)19-13-7-1-4-11-5-2-8-14(17(11)13)21(25)26-19;/h1-10H,(H,23,24);1H/b19-16+;. The van der Waals surface area contributed by atoms with E-state index in [0.29, 0.717) is 27.6 Å². The van der Waals surface area contributed by atoms with Crippen molar-refractivity contribution in [1.82, 2.24) is 0 Å². The summed E-state index contributed by atoms with van der Waals surface area (Å²) in [4.78, 5) is 28.2. The lowest BCUT2D eigenvalue weighted by atomic mass is 9.99. The Morgan fingerprint density at radius 1 is 0.963 bits per heavy atom. The number of para-hydroxylation sites is 1. The minimum Gasteiger partial charge on any atom is -0.478 e. The molecule has 2 heterocycles. The first kappa shape index (κ1) is 17.0. The molecule has 132 valence electrons. The maximum Gasteiger partial charge on any atom is 0.344 e. The number of rotatable bonds is 1. The van der Waals surface area contributed by atoms with E-state index in [-0.39, 0.29) is 18.0 Å². The van der Waals surface area contributed by atoms with E-state index in [9.17, 15) is 14.7 Å². The molecule has 0 aliphatic carbocycles. The van der Waals surface area contributed by atoms with Gasteiger partial charge in [0.25, 0.3) is 0 Å². The summed E-state index contributed by atoms with van der Waals surface area (Å²) in [5, 5.41) is 12.5. The third-order valence-corrected chi connectivity index (χ3v) is 4.69. The number of halogens is 1. The van der Waals surface area contributed by atoms with E-state index in [1.165, 1.54) is 6.07 Å². The van der Waals surface area contributed by atoms with Crippen molar-refractivity contribution < 1.29 is 14.3 Å². The van der Waals surface area contributed by atoms with Crippen molar-refractivity contribution in [2.75, 3.05) is 0 Å². The van der Waals surface area contributed by atoms with Gasteiger partial charge in [0.1, 0.15) is 5.42 Å². The second kappa shape index (κ2) is 6.07. The van der Waals surface area contributed by atoms with Crippen LogP contribution in [0.1, 0.15) is 15.9 Å². The van der Waals surface area contributed by atoms with Crippen LogP contribution in [-0.2, 0) is 0 Å². The summed E-state index contributed by atoms with van der Waals surface area (Å²) in [6, 6.07) is 16.2. The molecule has 5 rings (SSSR count). The number of aliphatic imine (C=N–C) groups is 1. The largest absolute Gasteiger partial charge is 0.478 e.